The number of hydrogen-bond donors (Lipinski definition) is 0. The predicted octanol–water partition coefficient (Wildman–Crippen LogP) is -0.450. The molecule has 0 aliphatic heterocycles. The number of pyridine rings is 1. The van der Waals surface area contributed by atoms with Gasteiger partial charge in [0.25, 0.3) is 5.52 Å². The Morgan fingerprint density at radius 2 is 1.88 bits per heavy atom. The summed E-state index contributed by atoms with van der Waals surface area (Å²) in [5.41, 5.74) is 1.18. The van der Waals surface area contributed by atoms with E-state index >= 15 is 0 Å². The third-order valence-electron chi connectivity index (χ3n) is 2.50. The van der Waals surface area contributed by atoms with Crippen LogP contribution >= 0.6 is 0 Å². The Bertz CT molecular complexity index is 465. The molecule has 1 aromatic heterocycles. The van der Waals surface area contributed by atoms with Gasteiger partial charge in [-0.1, -0.05) is 6.07 Å². The SMILES string of the molecule is CCOc1cccc2ccc[n+](CC)c12.[I-]. The van der Waals surface area contributed by atoms with E-state index in [-0.39, 0.29) is 24.0 Å². The molecule has 16 heavy (non-hydrogen) atoms. The maximum Gasteiger partial charge on any atom is 0.254 e. The van der Waals surface area contributed by atoms with Gasteiger partial charge in [-0.2, -0.15) is 4.57 Å². The maximum atomic E-state index is 5.64. The van der Waals surface area contributed by atoms with E-state index in [0.29, 0.717) is 6.61 Å². The summed E-state index contributed by atoms with van der Waals surface area (Å²) in [4.78, 5) is 0. The van der Waals surface area contributed by atoms with Gasteiger partial charge in [-0.3, -0.25) is 0 Å². The van der Waals surface area contributed by atoms with Crippen molar-refractivity contribution >= 4 is 10.9 Å². The van der Waals surface area contributed by atoms with Gasteiger partial charge < -0.3 is 28.7 Å². The lowest BCUT2D eigenvalue weighted by molar-refractivity contribution is -0.668. The van der Waals surface area contributed by atoms with Crippen molar-refractivity contribution in [3.63, 3.8) is 0 Å². The molecule has 0 amide bonds. The molecule has 0 radical (unpaired) electrons. The van der Waals surface area contributed by atoms with Crippen LogP contribution in [0, 0.1) is 0 Å². The van der Waals surface area contributed by atoms with Crippen molar-refractivity contribution in [1.82, 2.24) is 0 Å². The van der Waals surface area contributed by atoms with Crippen LogP contribution in [-0.2, 0) is 6.54 Å². The van der Waals surface area contributed by atoms with Gasteiger partial charge in [0, 0.05) is 6.07 Å². The second kappa shape index (κ2) is 6.03. The average Bonchev–Trinajstić information content (AvgIpc) is 2.29. The summed E-state index contributed by atoms with van der Waals surface area (Å²) in [6, 6.07) is 10.4. The Morgan fingerprint density at radius 1 is 1.12 bits per heavy atom. The number of hydrogen-bond acceptors (Lipinski definition) is 1. The third kappa shape index (κ3) is 2.45. The molecule has 0 spiro atoms. The number of rotatable bonds is 3. The van der Waals surface area contributed by atoms with Crippen LogP contribution < -0.4 is 33.3 Å². The minimum Gasteiger partial charge on any atom is -1.00 e. The number of fused-ring (bicyclic) bond motifs is 1. The topological polar surface area (TPSA) is 13.1 Å². The van der Waals surface area contributed by atoms with Gasteiger partial charge in [0.15, 0.2) is 11.9 Å². The summed E-state index contributed by atoms with van der Waals surface area (Å²) in [6.07, 6.45) is 2.09. The normalized spacial score (nSPS) is 9.88. The molecule has 0 aliphatic rings. The van der Waals surface area contributed by atoms with E-state index in [1.165, 1.54) is 10.9 Å². The van der Waals surface area contributed by atoms with Gasteiger partial charge in [-0.25, -0.2) is 0 Å². The van der Waals surface area contributed by atoms with Crippen LogP contribution in [0.3, 0.4) is 0 Å². The molecule has 0 fully saturated rings. The first-order valence-corrected chi connectivity index (χ1v) is 5.40. The summed E-state index contributed by atoms with van der Waals surface area (Å²) < 4.78 is 7.85. The standard InChI is InChI=1S/C13H16NO.HI/c1-3-14-10-6-8-11-7-5-9-12(13(11)14)15-4-2;/h5-10H,3-4H2,1-2H3;1H/q+1;/p-1. The van der Waals surface area contributed by atoms with E-state index in [1.807, 2.05) is 19.1 Å². The van der Waals surface area contributed by atoms with Crippen molar-refractivity contribution in [2.45, 2.75) is 20.4 Å². The first-order chi connectivity index (χ1) is 7.36. The molecule has 2 rings (SSSR count). The molecule has 0 saturated carbocycles. The Kier molecular flexibility index (Phi) is 4.99. The summed E-state index contributed by atoms with van der Waals surface area (Å²) in [5, 5.41) is 1.23. The number of aromatic nitrogens is 1. The Balaban J connectivity index is 0.00000128. The minimum absolute atomic E-state index is 0. The molecule has 1 heterocycles. The van der Waals surface area contributed by atoms with Crippen LogP contribution in [0.4, 0.5) is 0 Å². The maximum absolute atomic E-state index is 5.64. The summed E-state index contributed by atoms with van der Waals surface area (Å²) in [6.45, 7) is 5.82. The molecule has 0 saturated heterocycles. The lowest BCUT2D eigenvalue weighted by atomic mass is 10.2. The lowest BCUT2D eigenvalue weighted by Crippen LogP contribution is -3.00. The van der Waals surface area contributed by atoms with Crippen LogP contribution in [0.2, 0.25) is 0 Å². The van der Waals surface area contributed by atoms with Crippen LogP contribution in [0.25, 0.3) is 10.9 Å². The first kappa shape index (κ1) is 13.2. The van der Waals surface area contributed by atoms with Gasteiger partial charge >= 0.3 is 0 Å². The van der Waals surface area contributed by atoms with Crippen LogP contribution in [0.1, 0.15) is 13.8 Å². The van der Waals surface area contributed by atoms with Crippen molar-refractivity contribution in [3.8, 4) is 5.75 Å². The monoisotopic (exact) mass is 329 g/mol. The smallest absolute Gasteiger partial charge is 0.254 e. The fraction of sp³-hybridized carbons (Fsp3) is 0.308. The molecule has 2 aromatic rings. The van der Waals surface area contributed by atoms with Crippen LogP contribution in [0.15, 0.2) is 36.5 Å². The molecule has 0 N–H and O–H groups in total. The largest absolute Gasteiger partial charge is 1.00 e. The number of aryl methyl sites for hydroxylation is 1. The molecule has 0 aliphatic carbocycles. The molecule has 0 bridgehead atoms. The molecule has 1 aromatic carbocycles. The quantitative estimate of drug-likeness (QED) is 0.549. The molecule has 2 nitrogen and oxygen atoms in total. The Morgan fingerprint density at radius 3 is 2.56 bits per heavy atom. The zero-order chi connectivity index (χ0) is 10.7. The van der Waals surface area contributed by atoms with E-state index in [1.54, 1.807) is 0 Å². The van der Waals surface area contributed by atoms with Gasteiger partial charge in [0.2, 0.25) is 0 Å². The highest BCUT2D eigenvalue weighted by Gasteiger charge is 2.12. The minimum atomic E-state index is 0. The van der Waals surface area contributed by atoms with Crippen molar-refractivity contribution < 1.29 is 33.3 Å². The highest BCUT2D eigenvalue weighted by atomic mass is 127. The fourth-order valence-corrected chi connectivity index (χ4v) is 1.84. The van der Waals surface area contributed by atoms with Crippen molar-refractivity contribution in [3.05, 3.63) is 36.5 Å². The van der Waals surface area contributed by atoms with Crippen molar-refractivity contribution in [2.75, 3.05) is 6.61 Å². The van der Waals surface area contributed by atoms with E-state index in [4.69, 9.17) is 4.74 Å². The zero-order valence-corrected chi connectivity index (χ0v) is 11.8. The summed E-state index contributed by atoms with van der Waals surface area (Å²) >= 11 is 0. The second-order valence-electron chi connectivity index (χ2n) is 3.42. The van der Waals surface area contributed by atoms with E-state index < -0.39 is 0 Å². The third-order valence-corrected chi connectivity index (χ3v) is 2.50. The molecule has 0 atom stereocenters. The highest BCUT2D eigenvalue weighted by molar-refractivity contribution is 5.81. The van der Waals surface area contributed by atoms with Gasteiger partial charge in [0.1, 0.15) is 6.54 Å². The number of halogens is 1. The lowest BCUT2D eigenvalue weighted by Gasteiger charge is -2.05. The summed E-state index contributed by atoms with van der Waals surface area (Å²) in [7, 11) is 0. The average molecular weight is 329 g/mol. The van der Waals surface area contributed by atoms with E-state index in [0.717, 1.165) is 12.3 Å². The van der Waals surface area contributed by atoms with Gasteiger partial charge in [0.05, 0.1) is 12.0 Å². The number of para-hydroxylation sites is 1. The molecule has 3 heteroatoms. The zero-order valence-electron chi connectivity index (χ0n) is 9.61. The van der Waals surface area contributed by atoms with Crippen molar-refractivity contribution in [2.24, 2.45) is 0 Å². The Hall–Kier alpha value is -0.840. The fourth-order valence-electron chi connectivity index (χ4n) is 1.84. The second-order valence-corrected chi connectivity index (χ2v) is 3.42. The van der Waals surface area contributed by atoms with E-state index in [9.17, 15) is 0 Å². The van der Waals surface area contributed by atoms with Gasteiger partial charge in [-0.15, -0.1) is 0 Å². The number of benzene rings is 1. The first-order valence-electron chi connectivity index (χ1n) is 5.40. The Labute approximate surface area is 113 Å². The molecular formula is C13H16INO. The number of ether oxygens (including phenoxy) is 1. The van der Waals surface area contributed by atoms with Crippen molar-refractivity contribution in [1.29, 1.82) is 0 Å². The molecule has 0 unspecified atom stereocenters. The highest BCUT2D eigenvalue weighted by Crippen LogP contribution is 2.21. The number of nitrogens with zero attached hydrogens (tertiary/aromatic N) is 1. The summed E-state index contributed by atoms with van der Waals surface area (Å²) in [5.74, 6) is 0.970. The van der Waals surface area contributed by atoms with Crippen LogP contribution in [-0.4, -0.2) is 6.61 Å². The van der Waals surface area contributed by atoms with Gasteiger partial charge in [-0.05, 0) is 32.0 Å². The van der Waals surface area contributed by atoms with Crippen LogP contribution in [0.5, 0.6) is 5.75 Å². The van der Waals surface area contributed by atoms with E-state index in [2.05, 4.69) is 35.9 Å². The predicted molar refractivity (Wildman–Crippen MR) is 61.0 cm³/mol. The molecule has 86 valence electrons. The molecular weight excluding hydrogens is 313 g/mol.